The predicted octanol–water partition coefficient (Wildman–Crippen LogP) is 2.19. The monoisotopic (exact) mass is 411 g/mol. The Morgan fingerprint density at radius 3 is 2.50 bits per heavy atom. The van der Waals surface area contributed by atoms with E-state index >= 15 is 0 Å². The number of ether oxygens (including phenoxy) is 1. The predicted molar refractivity (Wildman–Crippen MR) is 105 cm³/mol. The summed E-state index contributed by atoms with van der Waals surface area (Å²) in [5.74, 6) is -1.70. The van der Waals surface area contributed by atoms with E-state index in [-0.39, 0.29) is 54.6 Å². The molecule has 4 rings (SSSR count). The molecule has 1 aliphatic carbocycles. The Hall–Kier alpha value is -3.42. The van der Waals surface area contributed by atoms with E-state index in [0.29, 0.717) is 29.4 Å². The van der Waals surface area contributed by atoms with Crippen LogP contribution in [0, 0.1) is 18.8 Å². The van der Waals surface area contributed by atoms with Crippen molar-refractivity contribution in [3.8, 4) is 5.75 Å². The molecule has 2 atom stereocenters. The number of amides is 2. The number of allylic oxidation sites excluding steroid dienone is 2. The number of fused-ring (bicyclic) bond motifs is 2. The zero-order valence-corrected chi connectivity index (χ0v) is 16.4. The maximum Gasteiger partial charge on any atom is 0.336 e. The summed E-state index contributed by atoms with van der Waals surface area (Å²) in [7, 11) is 0. The van der Waals surface area contributed by atoms with E-state index < -0.39 is 11.6 Å². The Bertz CT molecular complexity index is 1100. The van der Waals surface area contributed by atoms with E-state index in [9.17, 15) is 24.3 Å². The van der Waals surface area contributed by atoms with Crippen LogP contribution < -0.4 is 5.63 Å². The van der Waals surface area contributed by atoms with Crippen molar-refractivity contribution in [2.24, 2.45) is 11.8 Å². The molecule has 2 aliphatic rings. The first-order valence-electron chi connectivity index (χ1n) is 9.78. The highest BCUT2D eigenvalue weighted by Gasteiger charge is 2.46. The van der Waals surface area contributed by atoms with Gasteiger partial charge in [-0.2, -0.15) is 0 Å². The Labute approximate surface area is 171 Å². The number of benzene rings is 1. The highest BCUT2D eigenvalue weighted by atomic mass is 16.5. The number of carbonyl (C=O) groups excluding carboxylic acids is 3. The number of aryl methyl sites for hydroxylation is 1. The quantitative estimate of drug-likeness (QED) is 0.347. The number of phenols is 1. The van der Waals surface area contributed by atoms with Crippen LogP contribution in [0.5, 0.6) is 5.75 Å². The summed E-state index contributed by atoms with van der Waals surface area (Å²) in [6, 6.07) is 4.29. The molecule has 1 aliphatic heterocycles. The van der Waals surface area contributed by atoms with E-state index in [4.69, 9.17) is 9.15 Å². The van der Waals surface area contributed by atoms with Crippen LogP contribution in [0.2, 0.25) is 0 Å². The molecular formula is C22H21NO7. The summed E-state index contributed by atoms with van der Waals surface area (Å²) in [5, 5.41) is 10.4. The molecule has 156 valence electrons. The Morgan fingerprint density at radius 1 is 1.17 bits per heavy atom. The Balaban J connectivity index is 1.40. The molecule has 2 heterocycles. The first kappa shape index (κ1) is 19.9. The van der Waals surface area contributed by atoms with Crippen LogP contribution in [0.15, 0.2) is 39.6 Å². The maximum atomic E-state index is 12.4. The van der Waals surface area contributed by atoms with Gasteiger partial charge in [0, 0.05) is 29.1 Å². The number of aromatic hydroxyl groups is 1. The third-order valence-electron chi connectivity index (χ3n) is 5.75. The Morgan fingerprint density at radius 2 is 1.83 bits per heavy atom. The lowest BCUT2D eigenvalue weighted by atomic mass is 9.85. The van der Waals surface area contributed by atoms with Gasteiger partial charge in [0.15, 0.2) is 0 Å². The minimum Gasteiger partial charge on any atom is -0.508 e. The molecular weight excluding hydrogens is 390 g/mol. The van der Waals surface area contributed by atoms with Crippen molar-refractivity contribution in [3.05, 3.63) is 51.9 Å². The lowest BCUT2D eigenvalue weighted by molar-refractivity contribution is -0.146. The van der Waals surface area contributed by atoms with Crippen molar-refractivity contribution in [3.63, 3.8) is 0 Å². The largest absolute Gasteiger partial charge is 0.508 e. The van der Waals surface area contributed by atoms with Crippen LogP contribution in [0.1, 0.15) is 30.4 Å². The summed E-state index contributed by atoms with van der Waals surface area (Å²) in [6.07, 6.45) is 4.80. The molecule has 1 aromatic carbocycles. The minimum atomic E-state index is -0.619. The molecule has 30 heavy (non-hydrogen) atoms. The lowest BCUT2D eigenvalue weighted by Gasteiger charge is -2.14. The standard InChI is InChI=1S/C22H21NO7/c1-12-17(24)7-6-14-13(10-19(26)30-20(12)14)11-29-18(25)8-9-23-21(27)15-4-2-3-5-16(15)22(23)28/h2-3,6-7,10,15-16,24H,4-5,8-9,11H2,1H3. The first-order chi connectivity index (χ1) is 14.4. The normalized spacial score (nSPS) is 20.6. The van der Waals surface area contributed by atoms with Gasteiger partial charge in [-0.3, -0.25) is 19.3 Å². The molecule has 1 saturated heterocycles. The highest BCUT2D eigenvalue weighted by Crippen LogP contribution is 2.35. The molecule has 8 nitrogen and oxygen atoms in total. The molecule has 0 radical (unpaired) electrons. The SMILES string of the molecule is Cc1c(O)ccc2c(COC(=O)CCN3C(=O)C4CC=CCC4C3=O)cc(=O)oc12. The summed E-state index contributed by atoms with van der Waals surface area (Å²) in [4.78, 5) is 50.1. The van der Waals surface area contributed by atoms with E-state index in [2.05, 4.69) is 0 Å². The molecule has 8 heteroatoms. The smallest absolute Gasteiger partial charge is 0.336 e. The van der Waals surface area contributed by atoms with Gasteiger partial charge in [0.05, 0.1) is 18.3 Å². The molecule has 1 fully saturated rings. The van der Waals surface area contributed by atoms with E-state index in [1.807, 2.05) is 12.2 Å². The summed E-state index contributed by atoms with van der Waals surface area (Å²) >= 11 is 0. The van der Waals surface area contributed by atoms with Crippen LogP contribution in [0.3, 0.4) is 0 Å². The van der Waals surface area contributed by atoms with Crippen molar-refractivity contribution in [1.82, 2.24) is 4.90 Å². The summed E-state index contributed by atoms with van der Waals surface area (Å²) in [5.41, 5.74) is 0.479. The third kappa shape index (κ3) is 3.49. The van der Waals surface area contributed by atoms with Crippen LogP contribution in [-0.2, 0) is 25.7 Å². The second-order valence-electron chi connectivity index (χ2n) is 7.57. The fourth-order valence-electron chi connectivity index (χ4n) is 4.06. The first-order valence-corrected chi connectivity index (χ1v) is 9.78. The van der Waals surface area contributed by atoms with Gasteiger partial charge >= 0.3 is 11.6 Å². The van der Waals surface area contributed by atoms with Crippen LogP contribution >= 0.6 is 0 Å². The second kappa shape index (κ2) is 7.78. The van der Waals surface area contributed by atoms with Crippen molar-refractivity contribution in [2.45, 2.75) is 32.8 Å². The number of imide groups is 1. The number of likely N-dealkylation sites (tertiary alicyclic amines) is 1. The molecule has 2 unspecified atom stereocenters. The van der Waals surface area contributed by atoms with Crippen molar-refractivity contribution in [2.75, 3.05) is 6.54 Å². The van der Waals surface area contributed by atoms with E-state index in [1.165, 1.54) is 12.1 Å². The second-order valence-corrected chi connectivity index (χ2v) is 7.57. The van der Waals surface area contributed by atoms with Crippen LogP contribution in [0.25, 0.3) is 11.0 Å². The molecule has 2 amide bonds. The van der Waals surface area contributed by atoms with Crippen LogP contribution in [-0.4, -0.2) is 34.3 Å². The number of phenolic OH excluding ortho intramolecular Hbond substituents is 1. The zero-order chi connectivity index (χ0) is 21.4. The van der Waals surface area contributed by atoms with Crippen LogP contribution in [0.4, 0.5) is 0 Å². The number of esters is 1. The average molecular weight is 411 g/mol. The molecule has 0 bridgehead atoms. The molecule has 1 aromatic heterocycles. The fourth-order valence-corrected chi connectivity index (χ4v) is 4.06. The summed E-state index contributed by atoms with van der Waals surface area (Å²) in [6.45, 7) is 1.43. The topological polar surface area (TPSA) is 114 Å². The van der Waals surface area contributed by atoms with E-state index in [0.717, 1.165) is 4.90 Å². The highest BCUT2D eigenvalue weighted by molar-refractivity contribution is 6.05. The van der Waals surface area contributed by atoms with Gasteiger partial charge in [0.25, 0.3) is 0 Å². The van der Waals surface area contributed by atoms with Gasteiger partial charge in [0.1, 0.15) is 17.9 Å². The lowest BCUT2D eigenvalue weighted by Crippen LogP contribution is -2.33. The number of rotatable bonds is 5. The Kier molecular flexibility index (Phi) is 5.15. The van der Waals surface area contributed by atoms with Gasteiger partial charge in [-0.1, -0.05) is 12.2 Å². The molecule has 0 spiro atoms. The van der Waals surface area contributed by atoms with Gasteiger partial charge in [0.2, 0.25) is 11.8 Å². The van der Waals surface area contributed by atoms with Gasteiger partial charge in [-0.05, 0) is 31.9 Å². The van der Waals surface area contributed by atoms with Gasteiger partial charge < -0.3 is 14.3 Å². The molecule has 0 saturated carbocycles. The maximum absolute atomic E-state index is 12.4. The zero-order valence-electron chi connectivity index (χ0n) is 16.4. The minimum absolute atomic E-state index is 0.00416. The average Bonchev–Trinajstić information content (AvgIpc) is 2.98. The van der Waals surface area contributed by atoms with Crippen molar-refractivity contribution in [1.29, 1.82) is 0 Å². The van der Waals surface area contributed by atoms with Gasteiger partial charge in [-0.15, -0.1) is 0 Å². The molecule has 1 N–H and O–H groups in total. The number of hydrogen-bond donors (Lipinski definition) is 1. The number of carbonyl (C=O) groups is 3. The third-order valence-corrected chi connectivity index (χ3v) is 5.75. The van der Waals surface area contributed by atoms with E-state index in [1.54, 1.807) is 13.0 Å². The summed E-state index contributed by atoms with van der Waals surface area (Å²) < 4.78 is 10.4. The number of hydrogen-bond acceptors (Lipinski definition) is 7. The number of nitrogens with zero attached hydrogens (tertiary/aromatic N) is 1. The van der Waals surface area contributed by atoms with Gasteiger partial charge in [-0.25, -0.2) is 4.79 Å². The molecule has 2 aromatic rings. The fraction of sp³-hybridized carbons (Fsp3) is 0.364. The van der Waals surface area contributed by atoms with Crippen molar-refractivity contribution < 1.29 is 28.6 Å². The van der Waals surface area contributed by atoms with Crippen molar-refractivity contribution >= 4 is 28.8 Å².